The van der Waals surface area contributed by atoms with E-state index in [0.717, 1.165) is 55.8 Å². The lowest BCUT2D eigenvalue weighted by atomic mass is 9.98. The lowest BCUT2D eigenvalue weighted by Crippen LogP contribution is -2.39. The van der Waals surface area contributed by atoms with Crippen molar-refractivity contribution in [1.29, 1.82) is 0 Å². The van der Waals surface area contributed by atoms with Crippen molar-refractivity contribution in [2.75, 3.05) is 50.1 Å². The maximum absolute atomic E-state index is 14.4. The normalized spacial score (nSPS) is 17.7. The van der Waals surface area contributed by atoms with Gasteiger partial charge in [-0.2, -0.15) is 5.10 Å². The second kappa shape index (κ2) is 13.5. The third-order valence-electron chi connectivity index (χ3n) is 9.26. The fourth-order valence-electron chi connectivity index (χ4n) is 6.52. The molecule has 246 valence electrons. The Morgan fingerprint density at radius 2 is 2.00 bits per heavy atom. The van der Waals surface area contributed by atoms with Gasteiger partial charge in [0, 0.05) is 73.3 Å². The summed E-state index contributed by atoms with van der Waals surface area (Å²) in [7, 11) is 2.09. The van der Waals surface area contributed by atoms with Gasteiger partial charge in [-0.15, -0.1) is 11.3 Å². The second-order valence-electron chi connectivity index (χ2n) is 12.3. The number of carbonyl (C=O) groups is 1. The highest BCUT2D eigenvalue weighted by Gasteiger charge is 2.34. The van der Waals surface area contributed by atoms with Crippen molar-refractivity contribution in [1.82, 2.24) is 29.2 Å². The van der Waals surface area contributed by atoms with Gasteiger partial charge in [0.25, 0.3) is 5.91 Å². The molecular weight excluding hydrogens is 662 g/mol. The number of thiazole rings is 1. The first-order valence-corrected chi connectivity index (χ1v) is 17.3. The fraction of sp³-hybridized carbons (Fsp3) is 0.394. The van der Waals surface area contributed by atoms with Crippen LogP contribution in [0.15, 0.2) is 54.4 Å². The number of carbonyl (C=O) groups excluding carboxylic acids is 1. The van der Waals surface area contributed by atoms with Gasteiger partial charge in [-0.1, -0.05) is 35.3 Å². The molecule has 5 aromatic rings. The summed E-state index contributed by atoms with van der Waals surface area (Å²) in [6.07, 6.45) is 6.08. The summed E-state index contributed by atoms with van der Waals surface area (Å²) in [4.78, 5) is 27.1. The Kier molecular flexibility index (Phi) is 9.21. The van der Waals surface area contributed by atoms with Gasteiger partial charge >= 0.3 is 0 Å². The van der Waals surface area contributed by atoms with E-state index in [1.54, 1.807) is 28.7 Å². The Labute approximate surface area is 285 Å². The van der Waals surface area contributed by atoms with Crippen molar-refractivity contribution in [2.24, 2.45) is 5.92 Å². The molecule has 10 nitrogen and oxygen atoms in total. The minimum absolute atomic E-state index is 0.164. The summed E-state index contributed by atoms with van der Waals surface area (Å²) in [6.45, 7) is 4.39. The predicted octanol–water partition coefficient (Wildman–Crippen LogP) is 5.93. The average molecular weight is 698 g/mol. The van der Waals surface area contributed by atoms with Crippen molar-refractivity contribution in [3.8, 4) is 11.1 Å². The summed E-state index contributed by atoms with van der Waals surface area (Å²) < 4.78 is 17.6. The van der Waals surface area contributed by atoms with Crippen LogP contribution in [0.5, 0.6) is 0 Å². The molecule has 2 aromatic carbocycles. The van der Waals surface area contributed by atoms with Crippen LogP contribution >= 0.6 is 34.5 Å². The molecule has 0 bridgehead atoms. The zero-order valence-electron chi connectivity index (χ0n) is 25.8. The van der Waals surface area contributed by atoms with Crippen LogP contribution in [-0.2, 0) is 17.8 Å². The number of aromatic nitrogens is 5. The number of rotatable bonds is 10. The lowest BCUT2D eigenvalue weighted by Gasteiger charge is -2.32. The average Bonchev–Trinajstić information content (AvgIpc) is 3.89. The minimum atomic E-state index is -1.04. The lowest BCUT2D eigenvalue weighted by molar-refractivity contribution is -0.118. The van der Waals surface area contributed by atoms with Crippen LogP contribution < -0.4 is 10.2 Å². The van der Waals surface area contributed by atoms with Crippen molar-refractivity contribution in [3.63, 3.8) is 0 Å². The Bertz CT molecular complexity index is 1870. The number of aliphatic hydroxyl groups excluding tert-OH is 1. The topological polar surface area (TPSA) is 104 Å². The first kappa shape index (κ1) is 32.0. The van der Waals surface area contributed by atoms with Gasteiger partial charge in [0.15, 0.2) is 11.2 Å². The van der Waals surface area contributed by atoms with E-state index < -0.39 is 18.1 Å². The van der Waals surface area contributed by atoms with Gasteiger partial charge in [-0.3, -0.25) is 14.8 Å². The van der Waals surface area contributed by atoms with Crippen molar-refractivity contribution < 1.29 is 14.3 Å². The number of piperidine rings is 1. The third kappa shape index (κ3) is 6.49. The van der Waals surface area contributed by atoms with Crippen LogP contribution in [0.2, 0.25) is 10.0 Å². The summed E-state index contributed by atoms with van der Waals surface area (Å²) in [6, 6.07) is 8.99. The second-order valence-corrected chi connectivity index (χ2v) is 14.0. The maximum Gasteiger partial charge on any atom is 0.257 e. The zero-order chi connectivity index (χ0) is 32.7. The van der Waals surface area contributed by atoms with E-state index in [2.05, 4.69) is 44.3 Å². The monoisotopic (exact) mass is 696 g/mol. The number of amides is 1. The number of likely N-dealkylation sites (tertiary alicyclic amines) is 1. The number of hydrogen-bond acceptors (Lipinski definition) is 8. The molecule has 7 rings (SSSR count). The van der Waals surface area contributed by atoms with Crippen LogP contribution in [0.1, 0.15) is 30.3 Å². The van der Waals surface area contributed by atoms with Gasteiger partial charge in [0.2, 0.25) is 0 Å². The van der Waals surface area contributed by atoms with Crippen LogP contribution in [0.4, 0.5) is 15.2 Å². The molecule has 5 heterocycles. The van der Waals surface area contributed by atoms with Gasteiger partial charge in [-0.25, -0.2) is 14.4 Å². The molecule has 0 radical (unpaired) electrons. The molecule has 1 saturated heterocycles. The number of nitrogens with zero attached hydrogens (tertiary/aromatic N) is 7. The highest BCUT2D eigenvalue weighted by molar-refractivity contribution is 7.13. The molecule has 1 fully saturated rings. The van der Waals surface area contributed by atoms with Crippen LogP contribution in [-0.4, -0.2) is 86.2 Å². The highest BCUT2D eigenvalue weighted by Crippen LogP contribution is 2.40. The molecule has 0 aliphatic carbocycles. The Hall–Kier alpha value is -3.55. The van der Waals surface area contributed by atoms with Gasteiger partial charge in [0.05, 0.1) is 28.6 Å². The SMILES string of the molecule is CN(CCN1CCC(CO)CC1)c1ccc(-c2cc(Cl)c3cn(C(C(=O)Nc4nccs4)c4ncn5c4C[C@@H](F)C5)nc3c2Cl)cc1. The molecule has 2 N–H and O–H groups in total. The number of likely N-dealkylation sites (N-methyl/N-ethyl adjacent to an activating group) is 1. The van der Waals surface area contributed by atoms with Gasteiger partial charge in [-0.05, 0) is 55.6 Å². The number of halogens is 3. The van der Waals surface area contributed by atoms with Crippen molar-refractivity contribution in [2.45, 2.75) is 38.0 Å². The molecule has 3 aromatic heterocycles. The van der Waals surface area contributed by atoms with E-state index in [0.29, 0.717) is 43.4 Å². The molecule has 0 saturated carbocycles. The van der Waals surface area contributed by atoms with E-state index in [9.17, 15) is 14.3 Å². The standard InChI is InChI=1S/C33H35Cl2FN8O2S/c1-41(11-12-42-9-6-20(18-45)7-10-42)23-4-2-21(3-5-23)24-15-26(34)25-17-44(40-29(25)28(24)35)31(32(46)39-33-37-8-13-47-33)30-27-14-22(36)16-43(27)19-38-30/h2-5,8,13,15,17,19-20,22,31,45H,6-7,9-12,14,16,18H2,1H3,(H,37,39,46)/t22-,31?/m1/s1. The van der Waals surface area contributed by atoms with Crippen molar-refractivity contribution in [3.05, 3.63) is 75.9 Å². The molecule has 14 heteroatoms. The van der Waals surface area contributed by atoms with E-state index >= 15 is 0 Å². The van der Waals surface area contributed by atoms with E-state index in [1.807, 2.05) is 18.2 Å². The van der Waals surface area contributed by atoms with Crippen LogP contribution in [0.3, 0.4) is 0 Å². The number of nitrogens with one attached hydrogen (secondary N) is 1. The smallest absolute Gasteiger partial charge is 0.257 e. The van der Waals surface area contributed by atoms with Gasteiger partial charge in [0.1, 0.15) is 11.7 Å². The molecule has 2 aliphatic rings. The Morgan fingerprint density at radius 3 is 2.72 bits per heavy atom. The number of benzene rings is 2. The fourth-order valence-corrected chi connectivity index (χ4v) is 7.60. The summed E-state index contributed by atoms with van der Waals surface area (Å²) in [5, 5.41) is 20.7. The molecule has 2 atom stereocenters. The molecular formula is C33H35Cl2FN8O2S. The maximum atomic E-state index is 14.4. The first-order valence-electron chi connectivity index (χ1n) is 15.7. The number of imidazole rings is 1. The Balaban J connectivity index is 1.15. The van der Waals surface area contributed by atoms with E-state index in [-0.39, 0.29) is 19.6 Å². The van der Waals surface area contributed by atoms with E-state index in [4.69, 9.17) is 28.3 Å². The number of fused-ring (bicyclic) bond motifs is 2. The van der Waals surface area contributed by atoms with Crippen LogP contribution in [0.25, 0.3) is 22.0 Å². The Morgan fingerprint density at radius 1 is 1.21 bits per heavy atom. The molecule has 2 aliphatic heterocycles. The first-order chi connectivity index (χ1) is 22.8. The van der Waals surface area contributed by atoms with Gasteiger partial charge < -0.3 is 19.5 Å². The quantitative estimate of drug-likeness (QED) is 0.187. The molecule has 0 spiro atoms. The summed E-state index contributed by atoms with van der Waals surface area (Å²) in [5.74, 6) is 0.0286. The number of alkyl halides is 1. The summed E-state index contributed by atoms with van der Waals surface area (Å²) in [5.41, 5.74) is 4.23. The minimum Gasteiger partial charge on any atom is -0.396 e. The highest BCUT2D eigenvalue weighted by atomic mass is 35.5. The van der Waals surface area contributed by atoms with E-state index in [1.165, 1.54) is 16.0 Å². The molecule has 1 unspecified atom stereocenters. The largest absolute Gasteiger partial charge is 0.396 e. The number of anilines is 2. The summed E-state index contributed by atoms with van der Waals surface area (Å²) >= 11 is 15.1. The molecule has 1 amide bonds. The predicted molar refractivity (Wildman–Crippen MR) is 184 cm³/mol. The van der Waals surface area contributed by atoms with Crippen molar-refractivity contribution >= 4 is 62.2 Å². The zero-order valence-corrected chi connectivity index (χ0v) is 28.1. The number of hydrogen-bond donors (Lipinski definition) is 2. The molecule has 47 heavy (non-hydrogen) atoms. The number of aliphatic hydroxyl groups is 1. The van der Waals surface area contributed by atoms with Crippen LogP contribution in [0, 0.1) is 5.92 Å². The third-order valence-corrected chi connectivity index (χ3v) is 10.6.